The molecule has 0 spiro atoms. The highest BCUT2D eigenvalue weighted by Gasteiger charge is 2.15. The number of rotatable bonds is 4. The van der Waals surface area contributed by atoms with E-state index in [2.05, 4.69) is 15.3 Å². The molecule has 2 aromatic heterocycles. The van der Waals surface area contributed by atoms with Gasteiger partial charge in [-0.05, 0) is 65.4 Å². The minimum absolute atomic E-state index is 0.0107. The molecule has 0 aliphatic heterocycles. The number of anilines is 1. The van der Waals surface area contributed by atoms with Gasteiger partial charge in [0.1, 0.15) is 11.5 Å². The van der Waals surface area contributed by atoms with Crippen molar-refractivity contribution >= 4 is 60.3 Å². The lowest BCUT2D eigenvalue weighted by Crippen LogP contribution is -2.10. The van der Waals surface area contributed by atoms with E-state index < -0.39 is 5.63 Å². The van der Waals surface area contributed by atoms with Gasteiger partial charge in [0, 0.05) is 6.20 Å². The summed E-state index contributed by atoms with van der Waals surface area (Å²) in [5.74, 6) is 0.326. The number of halogens is 2. The quantitative estimate of drug-likeness (QED) is 0.416. The van der Waals surface area contributed by atoms with E-state index in [1.165, 1.54) is 12.1 Å². The number of nitrogens with one attached hydrogen (secondary N) is 2. The molecule has 1 aromatic carbocycles. The number of fused-ring (bicyclic) bond motifs is 1. The largest absolute Gasteiger partial charge is 0.401 e. The van der Waals surface area contributed by atoms with Gasteiger partial charge in [0.25, 0.3) is 0 Å². The van der Waals surface area contributed by atoms with E-state index in [4.69, 9.17) is 26.7 Å². The molecule has 3 aromatic rings. The molecule has 0 unspecified atom stereocenters. The molecule has 0 saturated heterocycles. The van der Waals surface area contributed by atoms with E-state index in [1.807, 2.05) is 28.7 Å². The van der Waals surface area contributed by atoms with Gasteiger partial charge in [-0.3, -0.25) is 5.41 Å². The van der Waals surface area contributed by atoms with E-state index >= 15 is 0 Å². The zero-order chi connectivity index (χ0) is 19.6. The Bertz CT molecular complexity index is 1200. The molecule has 7 nitrogen and oxygen atoms in total. The SMILES string of the molecule is Cc1cc(C#N)cc2c(=O)oc(/C(=C/C(=N)I)Nc3ncccc3Cl)nc12. The van der Waals surface area contributed by atoms with Crippen LogP contribution in [0.5, 0.6) is 0 Å². The van der Waals surface area contributed by atoms with Gasteiger partial charge in [-0.1, -0.05) is 11.6 Å². The summed E-state index contributed by atoms with van der Waals surface area (Å²) in [5.41, 5.74) is 1.07. The summed E-state index contributed by atoms with van der Waals surface area (Å²) in [6, 6.07) is 8.43. The minimum Gasteiger partial charge on any atom is -0.401 e. The number of nitrogens with zero attached hydrogens (tertiary/aromatic N) is 3. The fraction of sp³-hybridized carbons (Fsp3) is 0.0556. The molecule has 27 heavy (non-hydrogen) atoms. The first kappa shape index (κ1) is 19.0. The molecule has 0 amide bonds. The maximum absolute atomic E-state index is 12.5. The normalized spacial score (nSPS) is 11.3. The Morgan fingerprint density at radius 2 is 2.26 bits per heavy atom. The van der Waals surface area contributed by atoms with Crippen molar-refractivity contribution in [1.82, 2.24) is 9.97 Å². The zero-order valence-electron chi connectivity index (χ0n) is 13.9. The van der Waals surface area contributed by atoms with E-state index in [0.29, 0.717) is 27.5 Å². The molecule has 0 aliphatic carbocycles. The van der Waals surface area contributed by atoms with Crippen molar-refractivity contribution in [2.24, 2.45) is 0 Å². The lowest BCUT2D eigenvalue weighted by molar-refractivity contribution is 0.486. The topological polar surface area (TPSA) is 116 Å². The predicted octanol–water partition coefficient (Wildman–Crippen LogP) is 4.28. The molecular weight excluding hydrogens is 481 g/mol. The van der Waals surface area contributed by atoms with Gasteiger partial charge in [-0.2, -0.15) is 5.26 Å². The van der Waals surface area contributed by atoms with Crippen molar-refractivity contribution in [2.75, 3.05) is 5.32 Å². The Hall–Kier alpha value is -2.77. The molecule has 0 atom stereocenters. The Morgan fingerprint density at radius 3 is 2.93 bits per heavy atom. The van der Waals surface area contributed by atoms with E-state index in [9.17, 15) is 4.79 Å². The summed E-state index contributed by atoms with van der Waals surface area (Å²) >= 11 is 7.93. The second kappa shape index (κ2) is 7.85. The highest BCUT2D eigenvalue weighted by Crippen LogP contribution is 2.24. The second-order valence-electron chi connectivity index (χ2n) is 5.47. The number of aromatic nitrogens is 2. The molecule has 9 heteroatoms. The molecule has 0 saturated carbocycles. The van der Waals surface area contributed by atoms with Gasteiger partial charge in [0.2, 0.25) is 5.89 Å². The molecule has 0 radical (unpaired) electrons. The summed E-state index contributed by atoms with van der Waals surface area (Å²) in [4.78, 5) is 21.0. The Balaban J connectivity index is 2.19. The van der Waals surface area contributed by atoms with Crippen LogP contribution in [0.2, 0.25) is 5.02 Å². The summed E-state index contributed by atoms with van der Waals surface area (Å²) < 4.78 is 5.53. The summed E-state index contributed by atoms with van der Waals surface area (Å²) in [7, 11) is 0. The Labute approximate surface area is 172 Å². The smallest absolute Gasteiger partial charge is 0.347 e. The third kappa shape index (κ3) is 4.15. The minimum atomic E-state index is -0.630. The molecule has 0 bridgehead atoms. The molecule has 134 valence electrons. The van der Waals surface area contributed by atoms with Crippen LogP contribution in [0.1, 0.15) is 17.0 Å². The number of allylic oxidation sites excluding steroid dienone is 1. The standard InChI is InChI=1S/C18H11ClIN5O2/c1-9-5-10(8-21)6-11-15(9)25-17(27-18(11)26)13(7-14(20)22)24-16-12(19)3-2-4-23-16/h2-7,22H,1H3,(H,23,24)/b13-7-,22-14?. The lowest BCUT2D eigenvalue weighted by Gasteiger charge is -2.11. The molecule has 2 heterocycles. The van der Waals surface area contributed by atoms with Crippen molar-refractivity contribution in [3.05, 3.63) is 69.0 Å². The predicted molar refractivity (Wildman–Crippen MR) is 112 cm³/mol. The van der Waals surface area contributed by atoms with Gasteiger partial charge in [-0.25, -0.2) is 14.8 Å². The fourth-order valence-corrected chi connectivity index (χ4v) is 2.89. The second-order valence-corrected chi connectivity index (χ2v) is 7.04. The first-order chi connectivity index (χ1) is 12.9. The van der Waals surface area contributed by atoms with Gasteiger partial charge in [0.15, 0.2) is 0 Å². The van der Waals surface area contributed by atoms with Crippen molar-refractivity contribution in [3.8, 4) is 6.07 Å². The number of aryl methyl sites for hydroxylation is 1. The molecule has 0 fully saturated rings. The number of hydrogen-bond acceptors (Lipinski definition) is 7. The number of pyridine rings is 1. The van der Waals surface area contributed by atoms with Crippen molar-refractivity contribution in [1.29, 1.82) is 10.7 Å². The fourth-order valence-electron chi connectivity index (χ4n) is 2.41. The summed E-state index contributed by atoms with van der Waals surface area (Å²) in [5, 5.41) is 20.4. The number of nitriles is 1. The Morgan fingerprint density at radius 1 is 1.48 bits per heavy atom. The monoisotopic (exact) mass is 491 g/mol. The van der Waals surface area contributed by atoms with Crippen LogP contribution in [0.3, 0.4) is 0 Å². The third-order valence-corrected chi connectivity index (χ3v) is 4.18. The highest BCUT2D eigenvalue weighted by atomic mass is 127. The Kier molecular flexibility index (Phi) is 5.53. The number of benzene rings is 1. The van der Waals surface area contributed by atoms with Gasteiger partial charge >= 0.3 is 5.63 Å². The van der Waals surface area contributed by atoms with Crippen LogP contribution in [0.4, 0.5) is 5.82 Å². The van der Waals surface area contributed by atoms with Crippen LogP contribution in [0.25, 0.3) is 16.6 Å². The maximum Gasteiger partial charge on any atom is 0.347 e. The van der Waals surface area contributed by atoms with E-state index in [0.717, 1.165) is 0 Å². The molecule has 0 aliphatic rings. The highest BCUT2D eigenvalue weighted by molar-refractivity contribution is 14.1. The molecule has 3 rings (SSSR count). The third-order valence-electron chi connectivity index (χ3n) is 3.57. The molecular formula is C18H11ClIN5O2. The van der Waals surface area contributed by atoms with Gasteiger partial charge in [0.05, 0.1) is 31.3 Å². The van der Waals surface area contributed by atoms with Crippen LogP contribution in [-0.4, -0.2) is 13.7 Å². The summed E-state index contributed by atoms with van der Waals surface area (Å²) in [6.07, 6.45) is 3.00. The maximum atomic E-state index is 12.5. The van der Waals surface area contributed by atoms with Crippen molar-refractivity contribution in [3.63, 3.8) is 0 Å². The lowest BCUT2D eigenvalue weighted by atomic mass is 10.1. The van der Waals surface area contributed by atoms with Crippen LogP contribution in [-0.2, 0) is 0 Å². The van der Waals surface area contributed by atoms with Gasteiger partial charge in [-0.15, -0.1) is 0 Å². The average Bonchev–Trinajstić information content (AvgIpc) is 2.63. The summed E-state index contributed by atoms with van der Waals surface area (Å²) in [6.45, 7) is 1.76. The van der Waals surface area contributed by atoms with E-state index in [-0.39, 0.29) is 20.7 Å². The van der Waals surface area contributed by atoms with Gasteiger partial charge < -0.3 is 9.73 Å². The van der Waals surface area contributed by atoms with Crippen molar-refractivity contribution < 1.29 is 4.42 Å². The first-order valence-corrected chi connectivity index (χ1v) is 9.04. The van der Waals surface area contributed by atoms with E-state index in [1.54, 1.807) is 31.3 Å². The number of hydrogen-bond donors (Lipinski definition) is 2. The first-order valence-electron chi connectivity index (χ1n) is 7.58. The van der Waals surface area contributed by atoms with Crippen LogP contribution >= 0.6 is 34.2 Å². The van der Waals surface area contributed by atoms with Crippen LogP contribution in [0, 0.1) is 23.7 Å². The van der Waals surface area contributed by atoms with Crippen LogP contribution < -0.4 is 10.9 Å². The zero-order valence-corrected chi connectivity index (χ0v) is 16.8. The van der Waals surface area contributed by atoms with Crippen LogP contribution in [0.15, 0.2) is 45.8 Å². The molecule has 2 N–H and O–H groups in total. The average molecular weight is 492 g/mol. The van der Waals surface area contributed by atoms with Crippen molar-refractivity contribution in [2.45, 2.75) is 6.92 Å².